The third kappa shape index (κ3) is 2.62. The molecule has 4 rings (SSSR count). The molecule has 0 saturated carbocycles. The predicted octanol–water partition coefficient (Wildman–Crippen LogP) is 1.20. The van der Waals surface area contributed by atoms with Gasteiger partial charge in [0.1, 0.15) is 22.7 Å². The normalized spacial score (nSPS) is 15.8. The molecule has 1 aliphatic rings. The molecule has 1 aliphatic heterocycles. The summed E-state index contributed by atoms with van der Waals surface area (Å²) >= 11 is 0. The number of rotatable bonds is 3. The Hall–Kier alpha value is -2.62. The number of benzene rings is 1. The summed E-state index contributed by atoms with van der Waals surface area (Å²) in [7, 11) is 0. The van der Waals surface area contributed by atoms with E-state index < -0.39 is 0 Å². The van der Waals surface area contributed by atoms with E-state index in [2.05, 4.69) is 37.4 Å². The fourth-order valence-electron chi connectivity index (χ4n) is 3.72. The fourth-order valence-corrected chi connectivity index (χ4v) is 3.72. The lowest BCUT2D eigenvalue weighted by Crippen LogP contribution is -2.50. The molecule has 0 spiro atoms. The molecule has 0 bridgehead atoms. The van der Waals surface area contributed by atoms with Crippen molar-refractivity contribution in [2.24, 2.45) is 0 Å². The van der Waals surface area contributed by atoms with Gasteiger partial charge in [-0.2, -0.15) is 9.66 Å². The van der Waals surface area contributed by atoms with Gasteiger partial charge in [-0.1, -0.05) is 12.1 Å². The van der Waals surface area contributed by atoms with Gasteiger partial charge in [-0.05, 0) is 24.6 Å². The minimum Gasteiger partial charge on any atom is -0.395 e. The molecule has 3 heterocycles. The van der Waals surface area contributed by atoms with E-state index in [0.29, 0.717) is 5.56 Å². The van der Waals surface area contributed by atoms with Crippen molar-refractivity contribution in [3.63, 3.8) is 0 Å². The van der Waals surface area contributed by atoms with Crippen LogP contribution in [0.4, 0.5) is 5.82 Å². The predicted molar refractivity (Wildman–Crippen MR) is 96.6 cm³/mol. The van der Waals surface area contributed by atoms with Crippen LogP contribution in [0.5, 0.6) is 0 Å². The third-order valence-electron chi connectivity index (χ3n) is 5.05. The van der Waals surface area contributed by atoms with Crippen LogP contribution in [-0.4, -0.2) is 54.3 Å². The van der Waals surface area contributed by atoms with Crippen LogP contribution >= 0.6 is 0 Å². The summed E-state index contributed by atoms with van der Waals surface area (Å²) in [6.07, 6.45) is 0. The lowest BCUT2D eigenvalue weighted by Gasteiger charge is -2.32. The van der Waals surface area contributed by atoms with E-state index >= 15 is 0 Å². The van der Waals surface area contributed by atoms with Gasteiger partial charge in [0.15, 0.2) is 0 Å². The molecule has 0 aliphatic carbocycles. The number of aliphatic hydroxyl groups excluding tert-OH is 1. The number of aromatic amines is 1. The standard InChI is InChI=1S/C19H21N5O/c1-14-12-18(23-8-6-22(7-9-23)10-11-25)24-17-5-3-2-4-16(17)21-19(24)15(14)13-20/h2-5,12,25H,6-11H2,1H3/p+1. The second-order valence-electron chi connectivity index (χ2n) is 6.55. The average molecular weight is 336 g/mol. The molecule has 0 radical (unpaired) electrons. The molecular weight excluding hydrogens is 314 g/mol. The lowest BCUT2D eigenvalue weighted by molar-refractivity contribution is -0.467. The molecule has 25 heavy (non-hydrogen) atoms. The molecule has 1 saturated heterocycles. The molecular formula is C19H22N5O+. The summed E-state index contributed by atoms with van der Waals surface area (Å²) in [5.41, 5.74) is 4.66. The largest absolute Gasteiger partial charge is 0.395 e. The van der Waals surface area contributed by atoms with Gasteiger partial charge in [0.05, 0.1) is 19.7 Å². The first-order valence-electron chi connectivity index (χ1n) is 8.67. The van der Waals surface area contributed by atoms with Crippen molar-refractivity contribution < 1.29 is 9.51 Å². The number of aromatic nitrogens is 2. The maximum absolute atomic E-state index is 9.61. The Labute approximate surface area is 146 Å². The molecule has 6 nitrogen and oxygen atoms in total. The Morgan fingerprint density at radius 3 is 2.72 bits per heavy atom. The average Bonchev–Trinajstić information content (AvgIpc) is 3.01. The van der Waals surface area contributed by atoms with Crippen LogP contribution in [0.3, 0.4) is 0 Å². The van der Waals surface area contributed by atoms with Gasteiger partial charge in [0.2, 0.25) is 11.5 Å². The number of H-pyrrole nitrogens is 1. The summed E-state index contributed by atoms with van der Waals surface area (Å²) in [5, 5.41) is 18.7. The van der Waals surface area contributed by atoms with Gasteiger partial charge in [-0.25, -0.2) is 0 Å². The van der Waals surface area contributed by atoms with Gasteiger partial charge in [0.25, 0.3) is 0 Å². The van der Waals surface area contributed by atoms with Gasteiger partial charge in [-0.15, -0.1) is 0 Å². The highest BCUT2D eigenvalue weighted by Crippen LogP contribution is 2.23. The zero-order chi connectivity index (χ0) is 17.4. The van der Waals surface area contributed by atoms with Gasteiger partial charge >= 0.3 is 0 Å². The molecule has 0 unspecified atom stereocenters. The van der Waals surface area contributed by atoms with Crippen LogP contribution in [0.2, 0.25) is 0 Å². The number of aliphatic hydroxyl groups is 1. The number of hydrogen-bond donors (Lipinski definition) is 2. The summed E-state index contributed by atoms with van der Waals surface area (Å²) in [6.45, 7) is 6.62. The zero-order valence-corrected chi connectivity index (χ0v) is 14.4. The van der Waals surface area contributed by atoms with E-state index in [1.807, 2.05) is 25.1 Å². The number of nitriles is 1. The summed E-state index contributed by atoms with van der Waals surface area (Å²) in [6, 6.07) is 12.6. The second kappa shape index (κ2) is 6.36. The van der Waals surface area contributed by atoms with E-state index in [0.717, 1.165) is 60.8 Å². The molecule has 1 fully saturated rings. The van der Waals surface area contributed by atoms with Gasteiger partial charge in [-0.3, -0.25) is 14.8 Å². The molecule has 0 amide bonds. The maximum atomic E-state index is 9.61. The molecule has 0 atom stereocenters. The summed E-state index contributed by atoms with van der Waals surface area (Å²) < 4.78 is 2.17. The minimum atomic E-state index is 0.206. The number of piperazine rings is 1. The number of β-amino-alcohol motifs (C(OH)–C–C–N with tert-alkyl or cyclic N) is 1. The first-order valence-corrected chi connectivity index (χ1v) is 8.67. The molecule has 3 aromatic rings. The Morgan fingerprint density at radius 2 is 2.00 bits per heavy atom. The van der Waals surface area contributed by atoms with Crippen molar-refractivity contribution in [1.29, 1.82) is 5.26 Å². The van der Waals surface area contributed by atoms with E-state index in [1.54, 1.807) is 0 Å². The SMILES string of the molecule is Cc1cc(N2CCN(CCO)CC2)[n+]2c([nH]c3ccccc32)c1C#N. The molecule has 2 aromatic heterocycles. The van der Waals surface area contributed by atoms with Crippen molar-refractivity contribution in [1.82, 2.24) is 9.88 Å². The van der Waals surface area contributed by atoms with Crippen LogP contribution in [-0.2, 0) is 0 Å². The number of fused-ring (bicyclic) bond motifs is 3. The highest BCUT2D eigenvalue weighted by molar-refractivity contribution is 5.77. The molecule has 2 N–H and O–H groups in total. The molecule has 128 valence electrons. The van der Waals surface area contributed by atoms with Crippen LogP contribution in [0, 0.1) is 18.3 Å². The van der Waals surface area contributed by atoms with Crippen molar-refractivity contribution in [2.45, 2.75) is 6.92 Å². The van der Waals surface area contributed by atoms with Crippen LogP contribution in [0.15, 0.2) is 30.3 Å². The Kier molecular flexibility index (Phi) is 4.04. The van der Waals surface area contributed by atoms with E-state index in [1.165, 1.54) is 0 Å². The second-order valence-corrected chi connectivity index (χ2v) is 6.55. The fraction of sp³-hybridized carbons (Fsp3) is 0.368. The quantitative estimate of drug-likeness (QED) is 0.705. The van der Waals surface area contributed by atoms with E-state index in [4.69, 9.17) is 5.11 Å². The minimum absolute atomic E-state index is 0.206. The molecule has 6 heteroatoms. The maximum Gasteiger partial charge on any atom is 0.250 e. The highest BCUT2D eigenvalue weighted by atomic mass is 16.3. The summed E-state index contributed by atoms with van der Waals surface area (Å²) in [4.78, 5) is 8.07. The zero-order valence-electron chi connectivity index (χ0n) is 14.4. The van der Waals surface area contributed by atoms with Crippen LogP contribution in [0.1, 0.15) is 11.1 Å². The van der Waals surface area contributed by atoms with Crippen LogP contribution in [0.25, 0.3) is 16.7 Å². The van der Waals surface area contributed by atoms with Crippen molar-refractivity contribution in [3.8, 4) is 6.07 Å². The number of nitrogens with zero attached hydrogens (tertiary/aromatic N) is 4. The van der Waals surface area contributed by atoms with Crippen molar-refractivity contribution in [3.05, 3.63) is 41.5 Å². The number of nitrogens with one attached hydrogen (secondary N) is 1. The number of anilines is 1. The number of pyridine rings is 1. The van der Waals surface area contributed by atoms with Crippen LogP contribution < -0.4 is 9.30 Å². The lowest BCUT2D eigenvalue weighted by atomic mass is 10.1. The summed E-state index contributed by atoms with van der Waals surface area (Å²) in [5.74, 6) is 1.12. The van der Waals surface area contributed by atoms with Gasteiger partial charge in [0, 0.05) is 25.7 Å². The number of imidazole rings is 1. The molecule has 1 aromatic carbocycles. The topological polar surface area (TPSA) is 70.4 Å². The van der Waals surface area contributed by atoms with Gasteiger partial charge < -0.3 is 5.11 Å². The van der Waals surface area contributed by atoms with E-state index in [9.17, 15) is 5.26 Å². The monoisotopic (exact) mass is 336 g/mol. The van der Waals surface area contributed by atoms with Crippen molar-refractivity contribution in [2.75, 3.05) is 44.2 Å². The first kappa shape index (κ1) is 15.9. The van der Waals surface area contributed by atoms with Crippen molar-refractivity contribution >= 4 is 22.5 Å². The first-order chi connectivity index (χ1) is 12.2. The highest BCUT2D eigenvalue weighted by Gasteiger charge is 2.27. The number of aryl methyl sites for hydroxylation is 1. The Morgan fingerprint density at radius 1 is 1.24 bits per heavy atom. The number of para-hydroxylation sites is 2. The smallest absolute Gasteiger partial charge is 0.250 e. The Balaban J connectivity index is 1.85. The number of hydrogen-bond acceptors (Lipinski definition) is 4. The Bertz CT molecular complexity index is 963. The third-order valence-corrected chi connectivity index (χ3v) is 5.05. The van der Waals surface area contributed by atoms with E-state index in [-0.39, 0.29) is 6.61 Å².